The third kappa shape index (κ3) is 2.99. The first-order chi connectivity index (χ1) is 10.9. The minimum absolute atomic E-state index is 0.0638. The van der Waals surface area contributed by atoms with Gasteiger partial charge in [-0.15, -0.1) is 0 Å². The van der Waals surface area contributed by atoms with Crippen molar-refractivity contribution in [2.75, 3.05) is 18.0 Å². The Morgan fingerprint density at radius 2 is 2.13 bits per heavy atom. The molecule has 5 heteroatoms. The van der Waals surface area contributed by atoms with Crippen molar-refractivity contribution in [3.63, 3.8) is 0 Å². The van der Waals surface area contributed by atoms with Gasteiger partial charge in [-0.2, -0.15) is 5.26 Å². The molecule has 1 aliphatic heterocycles. The number of rotatable bonds is 2. The van der Waals surface area contributed by atoms with Crippen LogP contribution in [0.15, 0.2) is 30.5 Å². The SMILES string of the molecule is CC(C)(F)C1CC(N)CN(c2ccc(C#N)c3ncccc23)C1. The number of anilines is 1. The molecule has 2 heterocycles. The molecule has 0 bridgehead atoms. The molecule has 120 valence electrons. The van der Waals surface area contributed by atoms with E-state index in [0.29, 0.717) is 30.6 Å². The van der Waals surface area contributed by atoms with Gasteiger partial charge in [-0.25, -0.2) is 4.39 Å². The van der Waals surface area contributed by atoms with Crippen molar-refractivity contribution in [2.45, 2.75) is 32.0 Å². The number of piperidine rings is 1. The molecule has 2 atom stereocenters. The van der Waals surface area contributed by atoms with Gasteiger partial charge in [-0.3, -0.25) is 4.98 Å². The lowest BCUT2D eigenvalue weighted by molar-refractivity contribution is 0.105. The lowest BCUT2D eigenvalue weighted by atomic mass is 9.83. The molecule has 1 saturated heterocycles. The van der Waals surface area contributed by atoms with E-state index in [1.54, 1.807) is 26.1 Å². The molecule has 2 N–H and O–H groups in total. The third-order valence-electron chi connectivity index (χ3n) is 4.66. The van der Waals surface area contributed by atoms with Gasteiger partial charge < -0.3 is 10.6 Å². The maximum absolute atomic E-state index is 14.4. The van der Waals surface area contributed by atoms with E-state index in [9.17, 15) is 9.65 Å². The predicted octanol–water partition coefficient (Wildman–Crippen LogP) is 3.01. The van der Waals surface area contributed by atoms with Crippen molar-refractivity contribution >= 4 is 16.6 Å². The van der Waals surface area contributed by atoms with Gasteiger partial charge in [0.15, 0.2) is 0 Å². The summed E-state index contributed by atoms with van der Waals surface area (Å²) in [5.41, 5.74) is 7.11. The largest absolute Gasteiger partial charge is 0.369 e. The van der Waals surface area contributed by atoms with Crippen LogP contribution in [-0.4, -0.2) is 29.8 Å². The zero-order chi connectivity index (χ0) is 16.6. The van der Waals surface area contributed by atoms with Crippen LogP contribution in [0, 0.1) is 17.2 Å². The summed E-state index contributed by atoms with van der Waals surface area (Å²) in [6.07, 6.45) is 2.37. The lowest BCUT2D eigenvalue weighted by Crippen LogP contribution is -2.51. The van der Waals surface area contributed by atoms with Gasteiger partial charge >= 0.3 is 0 Å². The van der Waals surface area contributed by atoms with E-state index in [0.717, 1.165) is 11.1 Å². The van der Waals surface area contributed by atoms with Crippen LogP contribution in [0.2, 0.25) is 0 Å². The Labute approximate surface area is 135 Å². The molecule has 2 unspecified atom stereocenters. The molecule has 3 rings (SSSR count). The van der Waals surface area contributed by atoms with E-state index < -0.39 is 5.67 Å². The number of pyridine rings is 1. The fraction of sp³-hybridized carbons (Fsp3) is 0.444. The van der Waals surface area contributed by atoms with E-state index in [2.05, 4.69) is 16.0 Å². The van der Waals surface area contributed by atoms with Gasteiger partial charge in [0, 0.05) is 42.3 Å². The van der Waals surface area contributed by atoms with Crippen molar-refractivity contribution in [1.82, 2.24) is 4.98 Å². The number of benzene rings is 1. The van der Waals surface area contributed by atoms with Crippen LogP contribution in [0.4, 0.5) is 10.1 Å². The second-order valence-electron chi connectivity index (χ2n) is 6.81. The predicted molar refractivity (Wildman–Crippen MR) is 89.9 cm³/mol. The molecular weight excluding hydrogens is 291 g/mol. The third-order valence-corrected chi connectivity index (χ3v) is 4.66. The minimum atomic E-state index is -1.27. The number of nitrogens with zero attached hydrogens (tertiary/aromatic N) is 3. The first-order valence-corrected chi connectivity index (χ1v) is 7.87. The van der Waals surface area contributed by atoms with Gasteiger partial charge in [0.2, 0.25) is 0 Å². The summed E-state index contributed by atoms with van der Waals surface area (Å²) in [7, 11) is 0. The van der Waals surface area contributed by atoms with E-state index in [1.807, 2.05) is 18.2 Å². The van der Waals surface area contributed by atoms with Gasteiger partial charge in [0.1, 0.15) is 11.7 Å². The molecule has 1 aromatic heterocycles. The van der Waals surface area contributed by atoms with Crippen LogP contribution < -0.4 is 10.6 Å². The summed E-state index contributed by atoms with van der Waals surface area (Å²) in [6.45, 7) is 4.54. The van der Waals surface area contributed by atoms with Crippen molar-refractivity contribution in [2.24, 2.45) is 11.7 Å². The summed E-state index contributed by atoms with van der Waals surface area (Å²) in [6, 6.07) is 9.62. The maximum atomic E-state index is 14.4. The molecule has 0 saturated carbocycles. The fourth-order valence-electron chi connectivity index (χ4n) is 3.36. The second kappa shape index (κ2) is 5.78. The highest BCUT2D eigenvalue weighted by Gasteiger charge is 2.36. The van der Waals surface area contributed by atoms with E-state index in [-0.39, 0.29) is 12.0 Å². The van der Waals surface area contributed by atoms with Gasteiger partial charge in [-0.1, -0.05) is 0 Å². The number of alkyl halides is 1. The highest BCUT2D eigenvalue weighted by molar-refractivity contribution is 5.95. The van der Waals surface area contributed by atoms with Crippen molar-refractivity contribution < 1.29 is 4.39 Å². The quantitative estimate of drug-likeness (QED) is 0.925. The Morgan fingerprint density at radius 1 is 1.35 bits per heavy atom. The first-order valence-electron chi connectivity index (χ1n) is 7.87. The Balaban J connectivity index is 2.05. The van der Waals surface area contributed by atoms with Crippen molar-refractivity contribution in [3.8, 4) is 6.07 Å². The molecular formula is C18H21FN4. The summed E-state index contributed by atoms with van der Waals surface area (Å²) in [5, 5.41) is 10.2. The number of hydrogen-bond donors (Lipinski definition) is 1. The van der Waals surface area contributed by atoms with Crippen LogP contribution in [-0.2, 0) is 0 Å². The average molecular weight is 312 g/mol. The Morgan fingerprint density at radius 3 is 2.83 bits per heavy atom. The summed E-state index contributed by atoms with van der Waals surface area (Å²) >= 11 is 0. The Kier molecular flexibility index (Phi) is 3.95. The number of fused-ring (bicyclic) bond motifs is 1. The molecule has 0 amide bonds. The average Bonchev–Trinajstić information content (AvgIpc) is 2.52. The smallest absolute Gasteiger partial charge is 0.110 e. The molecule has 23 heavy (non-hydrogen) atoms. The van der Waals surface area contributed by atoms with Crippen molar-refractivity contribution in [3.05, 3.63) is 36.0 Å². The van der Waals surface area contributed by atoms with E-state index in [1.165, 1.54) is 0 Å². The molecule has 1 fully saturated rings. The zero-order valence-electron chi connectivity index (χ0n) is 13.5. The molecule has 0 radical (unpaired) electrons. The molecule has 1 aliphatic rings. The minimum Gasteiger partial charge on any atom is -0.369 e. The van der Waals surface area contributed by atoms with Crippen molar-refractivity contribution in [1.29, 1.82) is 5.26 Å². The zero-order valence-corrected chi connectivity index (χ0v) is 13.5. The Hall–Kier alpha value is -2.19. The highest BCUT2D eigenvalue weighted by atomic mass is 19.1. The molecule has 0 aliphatic carbocycles. The van der Waals surface area contributed by atoms with Gasteiger partial charge in [0.05, 0.1) is 11.1 Å². The van der Waals surface area contributed by atoms with Crippen LogP contribution in [0.3, 0.4) is 0 Å². The molecule has 1 aromatic carbocycles. The molecule has 0 spiro atoms. The number of hydrogen-bond acceptors (Lipinski definition) is 4. The topological polar surface area (TPSA) is 65.9 Å². The van der Waals surface area contributed by atoms with E-state index >= 15 is 0 Å². The lowest BCUT2D eigenvalue weighted by Gasteiger charge is -2.41. The second-order valence-corrected chi connectivity index (χ2v) is 6.81. The van der Waals surface area contributed by atoms with Gasteiger partial charge in [-0.05, 0) is 44.5 Å². The monoisotopic (exact) mass is 312 g/mol. The summed E-state index contributed by atoms with van der Waals surface area (Å²) < 4.78 is 14.4. The highest BCUT2D eigenvalue weighted by Crippen LogP contribution is 2.35. The molecule has 4 nitrogen and oxygen atoms in total. The fourth-order valence-corrected chi connectivity index (χ4v) is 3.36. The van der Waals surface area contributed by atoms with Crippen LogP contribution >= 0.6 is 0 Å². The number of nitrogens with two attached hydrogens (primary N) is 1. The standard InChI is InChI=1S/C18H21FN4/c1-18(2,19)13-8-14(21)11-23(10-13)16-6-5-12(9-20)17-15(16)4-3-7-22-17/h3-7,13-14H,8,10-11,21H2,1-2H3. The maximum Gasteiger partial charge on any atom is 0.110 e. The molecule has 2 aromatic rings. The first kappa shape index (κ1) is 15.7. The summed E-state index contributed by atoms with van der Waals surface area (Å²) in [5.74, 6) is -0.117. The summed E-state index contributed by atoms with van der Waals surface area (Å²) in [4.78, 5) is 6.47. The number of aromatic nitrogens is 1. The normalized spacial score (nSPS) is 22.1. The van der Waals surface area contributed by atoms with E-state index in [4.69, 9.17) is 5.73 Å². The van der Waals surface area contributed by atoms with Crippen LogP contribution in [0.1, 0.15) is 25.8 Å². The Bertz CT molecular complexity index is 760. The van der Waals surface area contributed by atoms with Crippen LogP contribution in [0.5, 0.6) is 0 Å². The number of halogens is 1. The van der Waals surface area contributed by atoms with Gasteiger partial charge in [0.25, 0.3) is 0 Å². The number of nitriles is 1. The van der Waals surface area contributed by atoms with Crippen LogP contribution in [0.25, 0.3) is 10.9 Å².